The summed E-state index contributed by atoms with van der Waals surface area (Å²) in [7, 11) is 0. The molecule has 0 bridgehead atoms. The summed E-state index contributed by atoms with van der Waals surface area (Å²) >= 11 is 0. The minimum absolute atomic E-state index is 0.0353. The molecule has 0 aromatic carbocycles. The molecule has 2 fully saturated rings. The molecule has 4 heteroatoms. The second-order valence-corrected chi connectivity index (χ2v) is 4.71. The minimum Gasteiger partial charge on any atom is -0.379 e. The van der Waals surface area contributed by atoms with Crippen LogP contribution < -0.4 is 11.1 Å². The Balaban J connectivity index is 1.83. The predicted molar refractivity (Wildman–Crippen MR) is 52.7 cm³/mol. The molecule has 0 aromatic heterocycles. The Bertz CT molecular complexity index is 230. The Kier molecular flexibility index (Phi) is 2.49. The summed E-state index contributed by atoms with van der Waals surface area (Å²) in [5, 5.41) is 2.99. The number of ether oxygens (including phenoxy) is 1. The highest BCUT2D eigenvalue weighted by Crippen LogP contribution is 2.27. The van der Waals surface area contributed by atoms with Gasteiger partial charge >= 0.3 is 0 Å². The zero-order valence-corrected chi connectivity index (χ0v) is 8.58. The van der Waals surface area contributed by atoms with Crippen LogP contribution in [0.25, 0.3) is 0 Å². The molecule has 1 unspecified atom stereocenters. The van der Waals surface area contributed by atoms with Crippen molar-refractivity contribution < 1.29 is 9.53 Å². The molecule has 14 heavy (non-hydrogen) atoms. The van der Waals surface area contributed by atoms with Crippen LogP contribution in [0.3, 0.4) is 0 Å². The second kappa shape index (κ2) is 3.51. The molecule has 1 saturated heterocycles. The molecule has 2 aliphatic rings. The summed E-state index contributed by atoms with van der Waals surface area (Å²) < 4.78 is 5.15. The average molecular weight is 198 g/mol. The summed E-state index contributed by atoms with van der Waals surface area (Å²) in [6.07, 6.45) is 2.81. The van der Waals surface area contributed by atoms with Crippen LogP contribution in [0.5, 0.6) is 0 Å². The average Bonchev–Trinajstić information content (AvgIpc) is 2.51. The van der Waals surface area contributed by atoms with E-state index in [4.69, 9.17) is 10.5 Å². The normalized spacial score (nSPS) is 41.9. The number of amides is 1. The van der Waals surface area contributed by atoms with E-state index < -0.39 is 5.54 Å². The first kappa shape index (κ1) is 9.93. The van der Waals surface area contributed by atoms with E-state index in [0.717, 1.165) is 18.8 Å². The molecule has 0 aromatic rings. The van der Waals surface area contributed by atoms with Crippen molar-refractivity contribution in [3.63, 3.8) is 0 Å². The third-order valence-corrected chi connectivity index (χ3v) is 3.21. The van der Waals surface area contributed by atoms with Gasteiger partial charge in [0.1, 0.15) is 5.54 Å². The molecular weight excluding hydrogens is 180 g/mol. The number of carbonyl (C=O) groups is 1. The highest BCUT2D eigenvalue weighted by Gasteiger charge is 2.40. The molecule has 1 heterocycles. The Morgan fingerprint density at radius 1 is 1.57 bits per heavy atom. The molecule has 1 amide bonds. The van der Waals surface area contributed by atoms with E-state index in [1.165, 1.54) is 0 Å². The van der Waals surface area contributed by atoms with Gasteiger partial charge < -0.3 is 15.8 Å². The maximum absolute atomic E-state index is 11.8. The highest BCUT2D eigenvalue weighted by atomic mass is 16.5. The van der Waals surface area contributed by atoms with Gasteiger partial charge in [-0.15, -0.1) is 0 Å². The monoisotopic (exact) mass is 198 g/mol. The van der Waals surface area contributed by atoms with Gasteiger partial charge in [-0.05, 0) is 25.2 Å². The first-order valence-corrected chi connectivity index (χ1v) is 5.28. The van der Waals surface area contributed by atoms with Gasteiger partial charge in [0.15, 0.2) is 0 Å². The van der Waals surface area contributed by atoms with Crippen molar-refractivity contribution in [2.24, 2.45) is 11.7 Å². The molecular formula is C10H18N2O2. The Morgan fingerprint density at radius 3 is 2.79 bits per heavy atom. The molecule has 1 aliphatic carbocycles. The predicted octanol–water partition coefficient (Wildman–Crippen LogP) is 0.0189. The maximum Gasteiger partial charge on any atom is 0.242 e. The summed E-state index contributed by atoms with van der Waals surface area (Å²) in [5.74, 6) is 0.709. The van der Waals surface area contributed by atoms with Crippen LogP contribution in [0.4, 0.5) is 0 Å². The number of carbonyl (C=O) groups excluding carboxylic acids is 1. The Morgan fingerprint density at radius 2 is 2.29 bits per heavy atom. The molecule has 0 spiro atoms. The van der Waals surface area contributed by atoms with Gasteiger partial charge in [0.05, 0.1) is 6.61 Å². The molecule has 1 atom stereocenters. The van der Waals surface area contributed by atoms with Gasteiger partial charge in [0.2, 0.25) is 5.91 Å². The van der Waals surface area contributed by atoms with E-state index in [1.54, 1.807) is 0 Å². The van der Waals surface area contributed by atoms with Crippen LogP contribution in [0, 0.1) is 5.92 Å². The van der Waals surface area contributed by atoms with Gasteiger partial charge in [-0.25, -0.2) is 0 Å². The van der Waals surface area contributed by atoms with Gasteiger partial charge in [0, 0.05) is 12.6 Å². The lowest BCUT2D eigenvalue weighted by molar-refractivity contribution is -0.127. The zero-order valence-electron chi connectivity index (χ0n) is 8.58. The van der Waals surface area contributed by atoms with Crippen LogP contribution in [0.15, 0.2) is 0 Å². The Labute approximate surface area is 84.2 Å². The lowest BCUT2D eigenvalue weighted by Gasteiger charge is -2.35. The van der Waals surface area contributed by atoms with Gasteiger partial charge in [-0.1, -0.05) is 6.92 Å². The molecule has 2 rings (SSSR count). The molecule has 80 valence electrons. The maximum atomic E-state index is 11.8. The number of nitrogens with one attached hydrogen (secondary N) is 1. The summed E-state index contributed by atoms with van der Waals surface area (Å²) in [6, 6.07) is 0.346. The van der Waals surface area contributed by atoms with E-state index in [1.807, 2.05) is 0 Å². The highest BCUT2D eigenvalue weighted by molar-refractivity contribution is 5.86. The number of rotatable bonds is 2. The molecule has 4 nitrogen and oxygen atoms in total. The van der Waals surface area contributed by atoms with E-state index >= 15 is 0 Å². The van der Waals surface area contributed by atoms with Crippen molar-refractivity contribution in [1.29, 1.82) is 0 Å². The fraction of sp³-hybridized carbons (Fsp3) is 0.900. The second-order valence-electron chi connectivity index (χ2n) is 4.71. The van der Waals surface area contributed by atoms with Gasteiger partial charge in [-0.3, -0.25) is 4.79 Å². The van der Waals surface area contributed by atoms with Crippen LogP contribution in [-0.2, 0) is 9.53 Å². The van der Waals surface area contributed by atoms with Crippen LogP contribution in [0.2, 0.25) is 0 Å². The van der Waals surface area contributed by atoms with E-state index in [-0.39, 0.29) is 5.91 Å². The van der Waals surface area contributed by atoms with Crippen molar-refractivity contribution in [2.45, 2.75) is 37.8 Å². The third kappa shape index (κ3) is 1.77. The standard InChI is InChI=1S/C10H18N2O2/c1-7-4-8(5-7)12-9(13)10(11)2-3-14-6-10/h7-8H,2-6,11H2,1H3,(H,12,13). The quantitative estimate of drug-likeness (QED) is 0.657. The summed E-state index contributed by atoms with van der Waals surface area (Å²) in [5.41, 5.74) is 5.16. The van der Waals surface area contributed by atoms with Crippen LogP contribution in [0.1, 0.15) is 26.2 Å². The molecule has 1 saturated carbocycles. The topological polar surface area (TPSA) is 64.4 Å². The number of nitrogens with two attached hydrogens (primary N) is 1. The SMILES string of the molecule is CC1CC(NC(=O)C2(N)CCOC2)C1. The largest absolute Gasteiger partial charge is 0.379 e. The van der Waals surface area contributed by atoms with Gasteiger partial charge in [-0.2, -0.15) is 0 Å². The van der Waals surface area contributed by atoms with Crippen molar-refractivity contribution >= 4 is 5.91 Å². The summed E-state index contributed by atoms with van der Waals surface area (Å²) in [4.78, 5) is 11.8. The van der Waals surface area contributed by atoms with Crippen molar-refractivity contribution in [3.8, 4) is 0 Å². The minimum atomic E-state index is -0.765. The zero-order chi connectivity index (χ0) is 10.2. The molecule has 3 N–H and O–H groups in total. The van der Waals surface area contributed by atoms with Gasteiger partial charge in [0.25, 0.3) is 0 Å². The smallest absolute Gasteiger partial charge is 0.242 e. The fourth-order valence-electron chi connectivity index (χ4n) is 2.11. The Hall–Kier alpha value is -0.610. The van der Waals surface area contributed by atoms with E-state index in [0.29, 0.717) is 25.7 Å². The van der Waals surface area contributed by atoms with Crippen molar-refractivity contribution in [1.82, 2.24) is 5.32 Å². The third-order valence-electron chi connectivity index (χ3n) is 3.21. The molecule has 1 aliphatic heterocycles. The van der Waals surface area contributed by atoms with Crippen LogP contribution >= 0.6 is 0 Å². The first-order chi connectivity index (χ1) is 6.60. The van der Waals surface area contributed by atoms with E-state index in [9.17, 15) is 4.79 Å². The van der Waals surface area contributed by atoms with Crippen molar-refractivity contribution in [3.05, 3.63) is 0 Å². The number of hydrogen-bond acceptors (Lipinski definition) is 3. The lowest BCUT2D eigenvalue weighted by Crippen LogP contribution is -2.58. The number of hydrogen-bond donors (Lipinski definition) is 2. The first-order valence-electron chi connectivity index (χ1n) is 5.28. The molecule has 0 radical (unpaired) electrons. The van der Waals surface area contributed by atoms with Crippen LogP contribution in [-0.4, -0.2) is 30.7 Å². The lowest BCUT2D eigenvalue weighted by atomic mass is 9.81. The fourth-order valence-corrected chi connectivity index (χ4v) is 2.11. The van der Waals surface area contributed by atoms with E-state index in [2.05, 4.69) is 12.2 Å². The summed E-state index contributed by atoms with van der Waals surface area (Å²) in [6.45, 7) is 3.16. The van der Waals surface area contributed by atoms with Crippen molar-refractivity contribution in [2.75, 3.05) is 13.2 Å².